The maximum Gasteiger partial charge on any atom is 0.174 e. The van der Waals surface area contributed by atoms with Crippen molar-refractivity contribution in [1.82, 2.24) is 0 Å². The van der Waals surface area contributed by atoms with Gasteiger partial charge in [0, 0.05) is 13.0 Å². The predicted molar refractivity (Wildman–Crippen MR) is 73.2 cm³/mol. The molecule has 2 nitrogen and oxygen atoms in total. The first kappa shape index (κ1) is 12.1. The third-order valence-corrected chi connectivity index (χ3v) is 3.58. The van der Waals surface area contributed by atoms with E-state index in [1.807, 2.05) is 41.8 Å². The van der Waals surface area contributed by atoms with Gasteiger partial charge in [0.1, 0.15) is 0 Å². The number of Topliss-reactive ketones (excluding diaryl/α,β-unsaturated/α-hetero) is 1. The molecule has 4 heteroatoms. The predicted octanol–water partition coefficient (Wildman–Crippen LogP) is 4.09. The number of hydrogen-bond donors (Lipinski definition) is 1. The quantitative estimate of drug-likeness (QED) is 0.825. The molecule has 0 aliphatic heterocycles. The molecular formula is C13H12ClNOS. The summed E-state index contributed by atoms with van der Waals surface area (Å²) < 4.78 is 0. The summed E-state index contributed by atoms with van der Waals surface area (Å²) in [6.07, 6.45) is 0.478. The molecule has 2 rings (SSSR count). The van der Waals surface area contributed by atoms with Crippen molar-refractivity contribution in [3.63, 3.8) is 0 Å². The van der Waals surface area contributed by atoms with Crippen molar-refractivity contribution in [2.75, 3.05) is 11.9 Å². The van der Waals surface area contributed by atoms with E-state index in [2.05, 4.69) is 5.32 Å². The average molecular weight is 266 g/mol. The van der Waals surface area contributed by atoms with Gasteiger partial charge in [-0.1, -0.05) is 29.8 Å². The van der Waals surface area contributed by atoms with Crippen LogP contribution in [0.25, 0.3) is 0 Å². The molecule has 0 radical (unpaired) electrons. The van der Waals surface area contributed by atoms with Crippen LogP contribution in [0.15, 0.2) is 41.8 Å². The van der Waals surface area contributed by atoms with Crippen molar-refractivity contribution in [3.05, 3.63) is 51.7 Å². The zero-order valence-corrected chi connectivity index (χ0v) is 10.7. The van der Waals surface area contributed by atoms with Gasteiger partial charge in [0.15, 0.2) is 5.78 Å². The fourth-order valence-electron chi connectivity index (χ4n) is 1.48. The molecule has 88 valence electrons. The Morgan fingerprint density at radius 3 is 2.76 bits per heavy atom. The van der Waals surface area contributed by atoms with Crippen LogP contribution < -0.4 is 5.32 Å². The highest BCUT2D eigenvalue weighted by Gasteiger charge is 2.06. The highest BCUT2D eigenvalue weighted by Crippen LogP contribution is 2.20. The molecule has 0 saturated carbocycles. The fraction of sp³-hybridized carbons (Fsp3) is 0.154. The van der Waals surface area contributed by atoms with Crippen LogP contribution in [0.2, 0.25) is 5.02 Å². The number of carbonyl (C=O) groups is 1. The molecule has 0 atom stereocenters. The maximum atomic E-state index is 11.7. The van der Waals surface area contributed by atoms with E-state index in [1.165, 1.54) is 11.3 Å². The normalized spacial score (nSPS) is 10.2. The molecule has 0 unspecified atom stereocenters. The number of nitrogens with one attached hydrogen (secondary N) is 1. The van der Waals surface area contributed by atoms with Crippen LogP contribution in [0, 0.1) is 0 Å². The number of rotatable bonds is 5. The van der Waals surface area contributed by atoms with Crippen LogP contribution >= 0.6 is 22.9 Å². The second kappa shape index (κ2) is 5.84. The van der Waals surface area contributed by atoms with Gasteiger partial charge in [-0.3, -0.25) is 4.79 Å². The lowest BCUT2D eigenvalue weighted by atomic mass is 10.2. The number of carbonyl (C=O) groups excluding carboxylic acids is 1. The summed E-state index contributed by atoms with van der Waals surface area (Å²) in [5.74, 6) is 0.166. The highest BCUT2D eigenvalue weighted by molar-refractivity contribution is 7.12. The lowest BCUT2D eigenvalue weighted by Crippen LogP contribution is -2.08. The molecule has 17 heavy (non-hydrogen) atoms. The number of thiophene rings is 1. The fourth-order valence-corrected chi connectivity index (χ4v) is 2.37. The molecule has 0 saturated heterocycles. The molecule has 0 aliphatic rings. The summed E-state index contributed by atoms with van der Waals surface area (Å²) in [4.78, 5) is 12.5. The van der Waals surface area contributed by atoms with E-state index in [0.717, 1.165) is 10.6 Å². The van der Waals surface area contributed by atoms with E-state index >= 15 is 0 Å². The third kappa shape index (κ3) is 3.32. The van der Waals surface area contributed by atoms with Gasteiger partial charge in [0.05, 0.1) is 15.6 Å². The van der Waals surface area contributed by atoms with Gasteiger partial charge >= 0.3 is 0 Å². The summed E-state index contributed by atoms with van der Waals surface area (Å²) in [5.41, 5.74) is 0.869. The molecular weight excluding hydrogens is 254 g/mol. The van der Waals surface area contributed by atoms with E-state index in [9.17, 15) is 4.79 Å². The molecule has 0 amide bonds. The van der Waals surface area contributed by atoms with Crippen molar-refractivity contribution in [3.8, 4) is 0 Å². The van der Waals surface area contributed by atoms with E-state index in [0.29, 0.717) is 18.0 Å². The van der Waals surface area contributed by atoms with E-state index in [4.69, 9.17) is 11.6 Å². The molecule has 1 N–H and O–H groups in total. The molecule has 1 aromatic carbocycles. The zero-order valence-electron chi connectivity index (χ0n) is 9.15. The Kier molecular flexibility index (Phi) is 4.18. The second-order valence-electron chi connectivity index (χ2n) is 3.56. The Bertz CT molecular complexity index is 496. The first-order chi connectivity index (χ1) is 8.27. The van der Waals surface area contributed by atoms with Crippen LogP contribution in [0.5, 0.6) is 0 Å². The summed E-state index contributed by atoms with van der Waals surface area (Å²) in [5, 5.41) is 5.75. The van der Waals surface area contributed by atoms with Crippen LogP contribution in [-0.4, -0.2) is 12.3 Å². The Morgan fingerprint density at radius 2 is 2.06 bits per heavy atom. The Morgan fingerprint density at radius 1 is 1.24 bits per heavy atom. The number of ketones is 1. The second-order valence-corrected chi connectivity index (χ2v) is 4.91. The van der Waals surface area contributed by atoms with Gasteiger partial charge in [-0.25, -0.2) is 0 Å². The standard InChI is InChI=1S/C13H12ClNOS/c14-10-4-1-2-5-11(10)15-8-7-12(16)13-6-3-9-17-13/h1-6,9,15H,7-8H2. The zero-order chi connectivity index (χ0) is 12.1. The molecule has 0 fully saturated rings. The SMILES string of the molecule is O=C(CCNc1ccccc1Cl)c1cccs1. The molecule has 0 spiro atoms. The first-order valence-corrected chi connectivity index (χ1v) is 6.58. The Hall–Kier alpha value is -1.32. The number of para-hydroxylation sites is 1. The van der Waals surface area contributed by atoms with Gasteiger partial charge in [-0.2, -0.15) is 0 Å². The number of hydrogen-bond acceptors (Lipinski definition) is 3. The van der Waals surface area contributed by atoms with Crippen LogP contribution in [0.1, 0.15) is 16.1 Å². The highest BCUT2D eigenvalue weighted by atomic mass is 35.5. The number of anilines is 1. The minimum absolute atomic E-state index is 0.166. The summed E-state index contributed by atoms with van der Waals surface area (Å²) >= 11 is 7.47. The van der Waals surface area contributed by atoms with Crippen molar-refractivity contribution in [1.29, 1.82) is 0 Å². The first-order valence-electron chi connectivity index (χ1n) is 5.32. The Labute approximate surface area is 109 Å². The minimum atomic E-state index is 0.166. The topological polar surface area (TPSA) is 29.1 Å². The van der Waals surface area contributed by atoms with Gasteiger partial charge in [0.25, 0.3) is 0 Å². The van der Waals surface area contributed by atoms with Gasteiger partial charge in [-0.05, 0) is 23.6 Å². The van der Waals surface area contributed by atoms with Gasteiger partial charge in [0.2, 0.25) is 0 Å². The lowest BCUT2D eigenvalue weighted by Gasteiger charge is -2.06. The Balaban J connectivity index is 1.84. The van der Waals surface area contributed by atoms with Crippen LogP contribution in [0.4, 0.5) is 5.69 Å². The van der Waals surface area contributed by atoms with Crippen molar-refractivity contribution >= 4 is 34.4 Å². The average Bonchev–Trinajstić information content (AvgIpc) is 2.85. The van der Waals surface area contributed by atoms with E-state index in [-0.39, 0.29) is 5.78 Å². The summed E-state index contributed by atoms with van der Waals surface area (Å²) in [6, 6.07) is 11.3. The van der Waals surface area contributed by atoms with Crippen molar-refractivity contribution in [2.45, 2.75) is 6.42 Å². The van der Waals surface area contributed by atoms with Gasteiger partial charge < -0.3 is 5.32 Å². The molecule has 0 bridgehead atoms. The molecule has 2 aromatic rings. The smallest absolute Gasteiger partial charge is 0.174 e. The summed E-state index contributed by atoms with van der Waals surface area (Å²) in [6.45, 7) is 0.598. The monoisotopic (exact) mass is 265 g/mol. The third-order valence-electron chi connectivity index (χ3n) is 2.34. The molecule has 1 aromatic heterocycles. The number of halogens is 1. The van der Waals surface area contributed by atoms with E-state index < -0.39 is 0 Å². The lowest BCUT2D eigenvalue weighted by molar-refractivity contribution is 0.0990. The minimum Gasteiger partial charge on any atom is -0.383 e. The summed E-state index contributed by atoms with van der Waals surface area (Å²) in [7, 11) is 0. The maximum absolute atomic E-state index is 11.7. The van der Waals surface area contributed by atoms with Crippen LogP contribution in [0.3, 0.4) is 0 Å². The van der Waals surface area contributed by atoms with Crippen molar-refractivity contribution < 1.29 is 4.79 Å². The van der Waals surface area contributed by atoms with E-state index in [1.54, 1.807) is 0 Å². The number of benzene rings is 1. The molecule has 1 heterocycles. The largest absolute Gasteiger partial charge is 0.383 e. The molecule has 0 aliphatic carbocycles. The van der Waals surface area contributed by atoms with Crippen molar-refractivity contribution in [2.24, 2.45) is 0 Å². The van der Waals surface area contributed by atoms with Gasteiger partial charge in [-0.15, -0.1) is 11.3 Å². The van der Waals surface area contributed by atoms with Crippen LogP contribution in [-0.2, 0) is 0 Å².